The van der Waals surface area contributed by atoms with Crippen molar-refractivity contribution in [1.82, 2.24) is 0 Å². The molecule has 0 spiro atoms. The van der Waals surface area contributed by atoms with Gasteiger partial charge in [-0.1, -0.05) is 24.3 Å². The maximum atomic E-state index is 12.0. The smallest absolute Gasteiger partial charge is 0.233 e. The molecule has 24 heavy (non-hydrogen) atoms. The molecule has 2 aromatic rings. The van der Waals surface area contributed by atoms with Crippen LogP contribution in [0.3, 0.4) is 0 Å². The van der Waals surface area contributed by atoms with Gasteiger partial charge in [-0.25, -0.2) is 0 Å². The number of Topliss-reactive ketones (excluding diaryl/α,β-unsaturated/α-hetero) is 1. The second-order valence-electron chi connectivity index (χ2n) is 5.66. The highest BCUT2D eigenvalue weighted by Gasteiger charge is 2.12. The molecule has 0 heterocycles. The van der Waals surface area contributed by atoms with E-state index in [0.29, 0.717) is 16.9 Å². The van der Waals surface area contributed by atoms with Crippen LogP contribution in [-0.2, 0) is 9.59 Å². The fourth-order valence-electron chi connectivity index (χ4n) is 2.25. The van der Waals surface area contributed by atoms with Gasteiger partial charge in [0, 0.05) is 16.9 Å². The van der Waals surface area contributed by atoms with Crippen LogP contribution in [0.1, 0.15) is 34.8 Å². The van der Waals surface area contributed by atoms with Crippen molar-refractivity contribution in [2.45, 2.75) is 27.2 Å². The molecule has 0 aromatic heterocycles. The summed E-state index contributed by atoms with van der Waals surface area (Å²) in [6.45, 7) is 5.33. The molecule has 2 aromatic carbocycles. The number of carbonyl (C=O) groups excluding carboxylic acids is 3. The Hall–Kier alpha value is -2.95. The number of rotatable bonds is 5. The summed E-state index contributed by atoms with van der Waals surface area (Å²) < 4.78 is 0. The molecular weight excluding hydrogens is 304 g/mol. The molecule has 0 fully saturated rings. The lowest BCUT2D eigenvalue weighted by Crippen LogP contribution is -2.22. The molecule has 0 saturated heterocycles. The zero-order valence-corrected chi connectivity index (χ0v) is 14.0. The minimum absolute atomic E-state index is 0.0845. The van der Waals surface area contributed by atoms with Crippen LogP contribution in [0.2, 0.25) is 0 Å². The highest BCUT2D eigenvalue weighted by molar-refractivity contribution is 6.08. The number of benzene rings is 2. The molecule has 0 atom stereocenters. The summed E-state index contributed by atoms with van der Waals surface area (Å²) in [6, 6.07) is 12.2. The summed E-state index contributed by atoms with van der Waals surface area (Å²) in [7, 11) is 0. The highest BCUT2D eigenvalue weighted by atomic mass is 16.2. The molecule has 2 rings (SSSR count). The molecule has 0 aliphatic carbocycles. The van der Waals surface area contributed by atoms with Gasteiger partial charge in [0.15, 0.2) is 5.78 Å². The van der Waals surface area contributed by atoms with E-state index < -0.39 is 5.91 Å². The summed E-state index contributed by atoms with van der Waals surface area (Å²) in [6.07, 6.45) is -0.294. The number of anilines is 2. The van der Waals surface area contributed by atoms with Gasteiger partial charge in [-0.3, -0.25) is 14.4 Å². The van der Waals surface area contributed by atoms with Crippen LogP contribution in [0.5, 0.6) is 0 Å². The lowest BCUT2D eigenvalue weighted by Gasteiger charge is -2.10. The van der Waals surface area contributed by atoms with Gasteiger partial charge in [0.2, 0.25) is 11.8 Å². The standard InChI is InChI=1S/C19H20N2O3/c1-12-6-4-9-17(13(12)2)21-19(24)11-18(23)20-16-8-5-7-15(10-16)14(3)22/h4-10H,11H2,1-3H3,(H,20,23)(H,21,24). The Morgan fingerprint density at radius 1 is 0.917 bits per heavy atom. The van der Waals surface area contributed by atoms with Crippen molar-refractivity contribution in [3.05, 3.63) is 59.2 Å². The normalized spacial score (nSPS) is 10.1. The third kappa shape index (κ3) is 4.52. The Labute approximate surface area is 141 Å². The van der Waals surface area contributed by atoms with Crippen LogP contribution in [-0.4, -0.2) is 17.6 Å². The Morgan fingerprint density at radius 3 is 2.29 bits per heavy atom. The van der Waals surface area contributed by atoms with E-state index in [2.05, 4.69) is 10.6 Å². The van der Waals surface area contributed by atoms with Crippen LogP contribution < -0.4 is 10.6 Å². The topological polar surface area (TPSA) is 75.3 Å². The summed E-state index contributed by atoms with van der Waals surface area (Å²) in [4.78, 5) is 35.4. The van der Waals surface area contributed by atoms with Crippen LogP contribution in [0.25, 0.3) is 0 Å². The number of aryl methyl sites for hydroxylation is 1. The van der Waals surface area contributed by atoms with Crippen molar-refractivity contribution in [3.8, 4) is 0 Å². The molecule has 0 radical (unpaired) electrons. The van der Waals surface area contributed by atoms with Crippen LogP contribution >= 0.6 is 0 Å². The summed E-state index contributed by atoms with van der Waals surface area (Å²) in [5, 5.41) is 5.37. The quantitative estimate of drug-likeness (QED) is 0.653. The molecule has 5 nitrogen and oxygen atoms in total. The first kappa shape index (κ1) is 17.4. The minimum atomic E-state index is -0.432. The minimum Gasteiger partial charge on any atom is -0.326 e. The molecular formula is C19H20N2O3. The molecule has 2 amide bonds. The molecule has 0 aliphatic heterocycles. The summed E-state index contributed by atoms with van der Waals surface area (Å²) in [5.41, 5.74) is 3.74. The molecule has 0 bridgehead atoms. The van der Waals surface area contributed by atoms with Crippen molar-refractivity contribution in [3.63, 3.8) is 0 Å². The van der Waals surface area contributed by atoms with E-state index in [4.69, 9.17) is 0 Å². The number of amides is 2. The Balaban J connectivity index is 1.97. The van der Waals surface area contributed by atoms with Crippen molar-refractivity contribution in [2.75, 3.05) is 10.6 Å². The average molecular weight is 324 g/mol. The number of nitrogens with one attached hydrogen (secondary N) is 2. The number of ketones is 1. The van der Waals surface area contributed by atoms with Gasteiger partial charge in [0.05, 0.1) is 0 Å². The lowest BCUT2D eigenvalue weighted by molar-refractivity contribution is -0.123. The second-order valence-corrected chi connectivity index (χ2v) is 5.66. The second kappa shape index (κ2) is 7.55. The van der Waals surface area contributed by atoms with E-state index in [0.717, 1.165) is 11.1 Å². The maximum absolute atomic E-state index is 12.0. The predicted octanol–water partition coefficient (Wildman–Crippen LogP) is 3.47. The number of hydrogen-bond donors (Lipinski definition) is 2. The van der Waals surface area contributed by atoms with E-state index in [-0.39, 0.29) is 18.1 Å². The van der Waals surface area contributed by atoms with Gasteiger partial charge >= 0.3 is 0 Å². The largest absolute Gasteiger partial charge is 0.326 e. The van der Waals surface area contributed by atoms with E-state index in [1.165, 1.54) is 6.92 Å². The summed E-state index contributed by atoms with van der Waals surface area (Å²) in [5.74, 6) is -0.902. The van der Waals surface area contributed by atoms with E-state index in [1.54, 1.807) is 30.3 Å². The average Bonchev–Trinajstić information content (AvgIpc) is 2.51. The Bertz CT molecular complexity index is 797. The zero-order valence-electron chi connectivity index (χ0n) is 14.0. The molecule has 5 heteroatoms. The third-order valence-corrected chi connectivity index (χ3v) is 3.75. The molecule has 2 N–H and O–H groups in total. The first-order chi connectivity index (χ1) is 11.4. The van der Waals surface area contributed by atoms with Crippen molar-refractivity contribution in [2.24, 2.45) is 0 Å². The predicted molar refractivity (Wildman–Crippen MR) is 94.2 cm³/mol. The Morgan fingerprint density at radius 2 is 1.58 bits per heavy atom. The van der Waals surface area contributed by atoms with Crippen LogP contribution in [0.4, 0.5) is 11.4 Å². The highest BCUT2D eigenvalue weighted by Crippen LogP contribution is 2.18. The van der Waals surface area contributed by atoms with Gasteiger partial charge in [0.1, 0.15) is 6.42 Å². The first-order valence-electron chi connectivity index (χ1n) is 7.63. The molecule has 0 aliphatic rings. The van der Waals surface area contributed by atoms with Crippen LogP contribution in [0, 0.1) is 13.8 Å². The van der Waals surface area contributed by atoms with E-state index in [9.17, 15) is 14.4 Å². The Kier molecular flexibility index (Phi) is 5.47. The lowest BCUT2D eigenvalue weighted by atomic mass is 10.1. The molecule has 0 unspecified atom stereocenters. The zero-order chi connectivity index (χ0) is 17.7. The fourth-order valence-corrected chi connectivity index (χ4v) is 2.25. The van der Waals surface area contributed by atoms with Gasteiger partial charge in [-0.05, 0) is 50.1 Å². The van der Waals surface area contributed by atoms with Gasteiger partial charge in [-0.2, -0.15) is 0 Å². The first-order valence-corrected chi connectivity index (χ1v) is 7.63. The van der Waals surface area contributed by atoms with Gasteiger partial charge in [-0.15, -0.1) is 0 Å². The maximum Gasteiger partial charge on any atom is 0.233 e. The van der Waals surface area contributed by atoms with E-state index in [1.807, 2.05) is 26.0 Å². The van der Waals surface area contributed by atoms with Crippen molar-refractivity contribution < 1.29 is 14.4 Å². The SMILES string of the molecule is CC(=O)c1cccc(NC(=O)CC(=O)Nc2cccc(C)c2C)c1. The number of carbonyl (C=O) groups is 3. The number of hydrogen-bond acceptors (Lipinski definition) is 3. The third-order valence-electron chi connectivity index (χ3n) is 3.75. The van der Waals surface area contributed by atoms with E-state index >= 15 is 0 Å². The molecule has 0 saturated carbocycles. The monoisotopic (exact) mass is 324 g/mol. The van der Waals surface area contributed by atoms with Gasteiger partial charge in [0.25, 0.3) is 0 Å². The molecule has 124 valence electrons. The van der Waals surface area contributed by atoms with Gasteiger partial charge < -0.3 is 10.6 Å². The fraction of sp³-hybridized carbons (Fsp3) is 0.211. The van der Waals surface area contributed by atoms with Crippen molar-refractivity contribution >= 4 is 29.0 Å². The summed E-state index contributed by atoms with van der Waals surface area (Å²) >= 11 is 0. The van der Waals surface area contributed by atoms with Crippen molar-refractivity contribution in [1.29, 1.82) is 0 Å². The van der Waals surface area contributed by atoms with Crippen LogP contribution in [0.15, 0.2) is 42.5 Å².